The molecule has 6 heteroatoms. The van der Waals surface area contributed by atoms with E-state index < -0.39 is 18.0 Å². The van der Waals surface area contributed by atoms with Crippen molar-refractivity contribution in [2.75, 3.05) is 20.6 Å². The standard InChI is InChI=1S/C23H27F2N3O/c1-27(2)22(29)28-16-18(17-9-5-3-6-10-17)15-23(28,14-13-20(26)21(24)25)19-11-7-4-8-12-19/h3-12,15,20-21H,13-14,16,26H2,1-2H3. The second-order valence-electron chi connectivity index (χ2n) is 7.63. The van der Waals surface area contributed by atoms with Gasteiger partial charge in [0.2, 0.25) is 0 Å². The summed E-state index contributed by atoms with van der Waals surface area (Å²) in [5, 5.41) is 0. The van der Waals surface area contributed by atoms with Gasteiger partial charge in [-0.2, -0.15) is 0 Å². The fourth-order valence-electron chi connectivity index (χ4n) is 3.86. The van der Waals surface area contributed by atoms with Crippen molar-refractivity contribution < 1.29 is 13.6 Å². The fourth-order valence-corrected chi connectivity index (χ4v) is 3.86. The second-order valence-corrected chi connectivity index (χ2v) is 7.63. The van der Waals surface area contributed by atoms with E-state index in [1.54, 1.807) is 19.0 Å². The normalized spacial score (nSPS) is 19.9. The first-order valence-electron chi connectivity index (χ1n) is 9.70. The summed E-state index contributed by atoms with van der Waals surface area (Å²) in [5.41, 5.74) is 7.74. The number of carbonyl (C=O) groups excluding carboxylic acids is 1. The van der Waals surface area contributed by atoms with Gasteiger partial charge in [-0.15, -0.1) is 0 Å². The molecule has 2 N–H and O–H groups in total. The first kappa shape index (κ1) is 21.0. The average Bonchev–Trinajstić information content (AvgIpc) is 3.13. The Morgan fingerprint density at radius 1 is 1.10 bits per heavy atom. The van der Waals surface area contributed by atoms with Crippen LogP contribution in [0.3, 0.4) is 0 Å². The van der Waals surface area contributed by atoms with Crippen LogP contribution < -0.4 is 5.73 Å². The summed E-state index contributed by atoms with van der Waals surface area (Å²) in [4.78, 5) is 16.4. The highest BCUT2D eigenvalue weighted by molar-refractivity contribution is 5.83. The molecular formula is C23H27F2N3O. The van der Waals surface area contributed by atoms with E-state index in [4.69, 9.17) is 5.73 Å². The van der Waals surface area contributed by atoms with Crippen LogP contribution in [0.4, 0.5) is 13.6 Å². The molecule has 1 aliphatic rings. The van der Waals surface area contributed by atoms with Gasteiger partial charge >= 0.3 is 6.03 Å². The van der Waals surface area contributed by atoms with E-state index in [-0.39, 0.29) is 12.5 Å². The van der Waals surface area contributed by atoms with Crippen LogP contribution in [0.15, 0.2) is 66.7 Å². The van der Waals surface area contributed by atoms with Gasteiger partial charge in [0, 0.05) is 20.6 Å². The number of rotatable bonds is 6. The molecule has 2 atom stereocenters. The van der Waals surface area contributed by atoms with Crippen LogP contribution in [-0.4, -0.2) is 48.9 Å². The summed E-state index contributed by atoms with van der Waals surface area (Å²) in [5.74, 6) is 0. The number of benzene rings is 2. The third-order valence-electron chi connectivity index (χ3n) is 5.44. The predicted molar refractivity (Wildman–Crippen MR) is 112 cm³/mol. The number of halogens is 2. The van der Waals surface area contributed by atoms with Gasteiger partial charge in [0.1, 0.15) is 0 Å². The van der Waals surface area contributed by atoms with E-state index in [2.05, 4.69) is 6.08 Å². The van der Waals surface area contributed by atoms with Crippen molar-refractivity contribution >= 4 is 11.6 Å². The van der Waals surface area contributed by atoms with E-state index in [1.807, 2.05) is 60.7 Å². The molecule has 0 saturated carbocycles. The van der Waals surface area contributed by atoms with Gasteiger partial charge in [0.05, 0.1) is 11.6 Å². The lowest BCUT2D eigenvalue weighted by Crippen LogP contribution is -2.50. The topological polar surface area (TPSA) is 49.6 Å². The summed E-state index contributed by atoms with van der Waals surface area (Å²) >= 11 is 0. The lowest BCUT2D eigenvalue weighted by atomic mass is 9.83. The van der Waals surface area contributed by atoms with Gasteiger partial charge in [0.15, 0.2) is 0 Å². The van der Waals surface area contributed by atoms with E-state index in [0.717, 1.165) is 16.7 Å². The zero-order chi connectivity index (χ0) is 21.0. The molecule has 1 aliphatic heterocycles. The maximum atomic E-state index is 13.1. The van der Waals surface area contributed by atoms with Crippen LogP contribution in [0.5, 0.6) is 0 Å². The number of amides is 2. The molecular weight excluding hydrogens is 372 g/mol. The molecule has 2 aromatic carbocycles. The SMILES string of the molecule is CN(C)C(=O)N1CC(c2ccccc2)=CC1(CCC(N)C(F)F)c1ccccc1. The molecule has 0 radical (unpaired) electrons. The monoisotopic (exact) mass is 399 g/mol. The number of urea groups is 1. The summed E-state index contributed by atoms with van der Waals surface area (Å²) in [7, 11) is 3.40. The minimum Gasteiger partial charge on any atom is -0.331 e. The summed E-state index contributed by atoms with van der Waals surface area (Å²) in [6.45, 7) is 0.403. The van der Waals surface area contributed by atoms with Gasteiger partial charge in [-0.3, -0.25) is 0 Å². The van der Waals surface area contributed by atoms with Crippen molar-refractivity contribution in [2.45, 2.75) is 30.8 Å². The average molecular weight is 399 g/mol. The zero-order valence-corrected chi connectivity index (χ0v) is 16.8. The largest absolute Gasteiger partial charge is 0.331 e. The Hall–Kier alpha value is -2.73. The highest BCUT2D eigenvalue weighted by atomic mass is 19.3. The third-order valence-corrected chi connectivity index (χ3v) is 5.44. The van der Waals surface area contributed by atoms with Gasteiger partial charge in [-0.1, -0.05) is 60.7 Å². The third kappa shape index (κ3) is 4.32. The molecule has 0 aliphatic carbocycles. The molecule has 0 bridgehead atoms. The van der Waals surface area contributed by atoms with E-state index in [9.17, 15) is 13.6 Å². The highest BCUT2D eigenvalue weighted by Gasteiger charge is 2.45. The second kappa shape index (κ2) is 8.74. The molecule has 2 amide bonds. The first-order valence-corrected chi connectivity index (χ1v) is 9.70. The highest BCUT2D eigenvalue weighted by Crippen LogP contribution is 2.44. The number of carbonyl (C=O) groups is 1. The van der Waals surface area contributed by atoms with Crippen LogP contribution in [0, 0.1) is 0 Å². The quantitative estimate of drug-likeness (QED) is 0.786. The van der Waals surface area contributed by atoms with Crippen molar-refractivity contribution in [1.82, 2.24) is 9.80 Å². The molecule has 154 valence electrons. The minimum atomic E-state index is -2.60. The van der Waals surface area contributed by atoms with Crippen LogP contribution in [-0.2, 0) is 5.54 Å². The summed E-state index contributed by atoms with van der Waals surface area (Å²) in [6, 6.07) is 18.0. The Morgan fingerprint density at radius 2 is 1.69 bits per heavy atom. The number of hydrogen-bond acceptors (Lipinski definition) is 2. The molecule has 0 aromatic heterocycles. The van der Waals surface area contributed by atoms with Gasteiger partial charge in [-0.05, 0) is 35.6 Å². The van der Waals surface area contributed by atoms with Crippen LogP contribution in [0.1, 0.15) is 24.0 Å². The summed E-state index contributed by atoms with van der Waals surface area (Å²) in [6.07, 6.45) is -0.127. The molecule has 0 fully saturated rings. The van der Waals surface area contributed by atoms with Crippen LogP contribution >= 0.6 is 0 Å². The fraction of sp³-hybridized carbons (Fsp3) is 0.348. The van der Waals surface area contributed by atoms with Crippen LogP contribution in [0.25, 0.3) is 5.57 Å². The first-order chi connectivity index (χ1) is 13.8. The number of hydrogen-bond donors (Lipinski definition) is 1. The van der Waals surface area contributed by atoms with Crippen molar-refractivity contribution in [1.29, 1.82) is 0 Å². The van der Waals surface area contributed by atoms with Crippen molar-refractivity contribution in [3.8, 4) is 0 Å². The molecule has 4 nitrogen and oxygen atoms in total. The molecule has 2 aromatic rings. The minimum absolute atomic E-state index is 0.0995. The Bertz CT molecular complexity index is 855. The van der Waals surface area contributed by atoms with E-state index in [1.165, 1.54) is 4.90 Å². The Kier molecular flexibility index (Phi) is 6.33. The lowest BCUT2D eigenvalue weighted by molar-refractivity contribution is 0.0950. The Morgan fingerprint density at radius 3 is 2.24 bits per heavy atom. The Labute approximate surface area is 170 Å². The van der Waals surface area contributed by atoms with Crippen molar-refractivity contribution in [3.05, 3.63) is 77.9 Å². The molecule has 0 saturated heterocycles. The maximum Gasteiger partial charge on any atom is 0.320 e. The van der Waals surface area contributed by atoms with Crippen molar-refractivity contribution in [2.24, 2.45) is 5.73 Å². The van der Waals surface area contributed by atoms with E-state index >= 15 is 0 Å². The van der Waals surface area contributed by atoms with Gasteiger partial charge in [0.25, 0.3) is 6.43 Å². The zero-order valence-electron chi connectivity index (χ0n) is 16.8. The van der Waals surface area contributed by atoms with Gasteiger partial charge in [-0.25, -0.2) is 13.6 Å². The maximum absolute atomic E-state index is 13.1. The summed E-state index contributed by atoms with van der Waals surface area (Å²) < 4.78 is 26.3. The molecule has 3 rings (SSSR count). The van der Waals surface area contributed by atoms with Crippen molar-refractivity contribution in [3.63, 3.8) is 0 Å². The predicted octanol–water partition coefficient (Wildman–Crippen LogP) is 4.34. The number of nitrogens with zero attached hydrogens (tertiary/aromatic N) is 2. The van der Waals surface area contributed by atoms with Crippen LogP contribution in [0.2, 0.25) is 0 Å². The lowest BCUT2D eigenvalue weighted by Gasteiger charge is -2.40. The number of nitrogens with two attached hydrogens (primary N) is 1. The molecule has 1 heterocycles. The van der Waals surface area contributed by atoms with Gasteiger partial charge < -0.3 is 15.5 Å². The molecule has 0 spiro atoms. The van der Waals surface area contributed by atoms with E-state index in [0.29, 0.717) is 13.0 Å². The molecule has 2 unspecified atom stereocenters. The Balaban J connectivity index is 2.11. The number of alkyl halides is 2. The molecule has 29 heavy (non-hydrogen) atoms. The smallest absolute Gasteiger partial charge is 0.320 e.